The fraction of sp³-hybridized carbons (Fsp3) is 0.643. The van der Waals surface area contributed by atoms with Crippen molar-refractivity contribution in [2.45, 2.75) is 52.2 Å². The highest BCUT2D eigenvalue weighted by Gasteiger charge is 2.22. The van der Waals surface area contributed by atoms with Crippen LogP contribution in [0.3, 0.4) is 0 Å². The van der Waals surface area contributed by atoms with Crippen molar-refractivity contribution < 1.29 is 9.53 Å². The van der Waals surface area contributed by atoms with E-state index in [1.165, 1.54) is 23.9 Å². The van der Waals surface area contributed by atoms with Crippen molar-refractivity contribution in [3.63, 3.8) is 0 Å². The number of esters is 1. The molecule has 2 rings (SSSR count). The topological polar surface area (TPSA) is 43.3 Å². The molecule has 18 heavy (non-hydrogen) atoms. The molecule has 1 aliphatic rings. The summed E-state index contributed by atoms with van der Waals surface area (Å²) in [5, 5.41) is 3.57. The van der Waals surface area contributed by atoms with Crippen LogP contribution < -0.4 is 5.32 Å². The van der Waals surface area contributed by atoms with E-state index in [0.29, 0.717) is 18.6 Å². The lowest BCUT2D eigenvalue weighted by Crippen LogP contribution is -2.34. The molecule has 2 atom stereocenters. The number of methoxy groups -OCH3 is 1. The minimum absolute atomic E-state index is 0.192. The molecule has 4 heteroatoms. The van der Waals surface area contributed by atoms with E-state index in [4.69, 9.17) is 4.74 Å². The van der Waals surface area contributed by atoms with Crippen LogP contribution in [0, 0.1) is 6.92 Å². The smallest absolute Gasteiger partial charge is 0.325 e. The minimum atomic E-state index is -0.192. The third-order valence-electron chi connectivity index (χ3n) is 3.70. The van der Waals surface area contributed by atoms with Gasteiger partial charge in [-0.3, -0.25) is 4.79 Å². The number of nitrogens with one attached hydrogen (secondary N) is 1. The second-order valence-corrected chi connectivity index (χ2v) is 5.30. The van der Waals surface area contributed by atoms with E-state index in [1.54, 1.807) is 0 Å². The number of rotatable bonds is 2. The van der Waals surface area contributed by atoms with Gasteiger partial charge in [0.15, 0.2) is 0 Å². The molecule has 0 spiro atoms. The number of aromatic nitrogens is 1. The molecule has 2 heterocycles. The van der Waals surface area contributed by atoms with Gasteiger partial charge in [0.2, 0.25) is 0 Å². The predicted molar refractivity (Wildman–Crippen MR) is 70.7 cm³/mol. The number of hydrogen-bond donors (Lipinski definition) is 1. The van der Waals surface area contributed by atoms with Gasteiger partial charge < -0.3 is 14.6 Å². The molecule has 0 amide bonds. The van der Waals surface area contributed by atoms with Crippen LogP contribution in [-0.4, -0.2) is 29.7 Å². The Kier molecular flexibility index (Phi) is 3.76. The average Bonchev–Trinajstić information content (AvgIpc) is 2.49. The number of fused-ring (bicyclic) bond motifs is 1. The van der Waals surface area contributed by atoms with Crippen molar-refractivity contribution in [1.82, 2.24) is 9.88 Å². The van der Waals surface area contributed by atoms with Crippen molar-refractivity contribution in [3.05, 3.63) is 23.0 Å². The Morgan fingerprint density at radius 3 is 2.78 bits per heavy atom. The molecular formula is C14H22N2O2. The van der Waals surface area contributed by atoms with Gasteiger partial charge in [-0.2, -0.15) is 0 Å². The van der Waals surface area contributed by atoms with Gasteiger partial charge in [0.1, 0.15) is 6.54 Å². The molecule has 0 bridgehead atoms. The second kappa shape index (κ2) is 5.14. The Morgan fingerprint density at radius 2 is 2.11 bits per heavy atom. The minimum Gasteiger partial charge on any atom is -0.468 e. The molecule has 0 saturated heterocycles. The van der Waals surface area contributed by atoms with Crippen molar-refractivity contribution in [2.75, 3.05) is 7.11 Å². The first-order valence-corrected chi connectivity index (χ1v) is 6.51. The zero-order chi connectivity index (χ0) is 13.3. The molecule has 4 nitrogen and oxygen atoms in total. The Balaban J connectivity index is 2.29. The van der Waals surface area contributed by atoms with Gasteiger partial charge in [0, 0.05) is 24.0 Å². The van der Waals surface area contributed by atoms with Crippen molar-refractivity contribution in [2.24, 2.45) is 0 Å². The summed E-state index contributed by atoms with van der Waals surface area (Å²) < 4.78 is 6.75. The highest BCUT2D eigenvalue weighted by Crippen LogP contribution is 2.23. The molecule has 0 saturated carbocycles. The maximum absolute atomic E-state index is 11.4. The lowest BCUT2D eigenvalue weighted by atomic mass is 10.0. The van der Waals surface area contributed by atoms with Gasteiger partial charge in [0.05, 0.1) is 7.11 Å². The number of hydrogen-bond acceptors (Lipinski definition) is 3. The first-order valence-electron chi connectivity index (χ1n) is 6.51. The van der Waals surface area contributed by atoms with Crippen molar-refractivity contribution >= 4 is 5.97 Å². The summed E-state index contributed by atoms with van der Waals surface area (Å²) in [6.45, 7) is 6.82. The third-order valence-corrected chi connectivity index (χ3v) is 3.70. The van der Waals surface area contributed by atoms with Crippen LogP contribution in [0.5, 0.6) is 0 Å². The van der Waals surface area contributed by atoms with E-state index < -0.39 is 0 Å². The van der Waals surface area contributed by atoms with Crippen LogP contribution in [0.4, 0.5) is 0 Å². The Morgan fingerprint density at radius 1 is 1.44 bits per heavy atom. The highest BCUT2D eigenvalue weighted by atomic mass is 16.5. The van der Waals surface area contributed by atoms with Crippen LogP contribution in [-0.2, 0) is 28.9 Å². The molecule has 0 fully saturated rings. The number of carbonyl (C=O) groups is 1. The highest BCUT2D eigenvalue weighted by molar-refractivity contribution is 5.69. The number of ether oxygens (including phenoxy) is 1. The molecular weight excluding hydrogens is 228 g/mol. The first-order chi connectivity index (χ1) is 8.51. The molecule has 1 aliphatic heterocycles. The van der Waals surface area contributed by atoms with E-state index in [9.17, 15) is 4.79 Å². The van der Waals surface area contributed by atoms with E-state index in [-0.39, 0.29) is 5.97 Å². The molecule has 1 aromatic heterocycles. The molecule has 100 valence electrons. The average molecular weight is 250 g/mol. The van der Waals surface area contributed by atoms with E-state index in [0.717, 1.165) is 12.8 Å². The van der Waals surface area contributed by atoms with Crippen LogP contribution in [0.25, 0.3) is 0 Å². The van der Waals surface area contributed by atoms with Gasteiger partial charge in [-0.1, -0.05) is 0 Å². The van der Waals surface area contributed by atoms with Gasteiger partial charge >= 0.3 is 5.97 Å². The number of nitrogens with zero attached hydrogens (tertiary/aromatic N) is 1. The zero-order valence-electron chi connectivity index (χ0n) is 11.6. The SMILES string of the molecule is COC(=O)Cn1cc2c(c1C)CC(C)NC(C)C2. The maximum Gasteiger partial charge on any atom is 0.325 e. The fourth-order valence-corrected chi connectivity index (χ4v) is 2.83. The predicted octanol–water partition coefficient (Wildman–Crippen LogP) is 1.43. The van der Waals surface area contributed by atoms with E-state index in [1.807, 2.05) is 4.57 Å². The monoisotopic (exact) mass is 250 g/mol. The summed E-state index contributed by atoms with van der Waals surface area (Å²) in [6.07, 6.45) is 4.16. The summed E-state index contributed by atoms with van der Waals surface area (Å²) in [7, 11) is 1.43. The van der Waals surface area contributed by atoms with Crippen LogP contribution in [0.15, 0.2) is 6.20 Å². The van der Waals surface area contributed by atoms with Crippen LogP contribution in [0.2, 0.25) is 0 Å². The third kappa shape index (κ3) is 2.58. The summed E-state index contributed by atoms with van der Waals surface area (Å²) in [5.74, 6) is -0.192. The molecule has 1 N–H and O–H groups in total. The normalized spacial score (nSPS) is 23.3. The summed E-state index contributed by atoms with van der Waals surface area (Å²) in [4.78, 5) is 11.4. The lowest BCUT2D eigenvalue weighted by molar-refractivity contribution is -0.141. The zero-order valence-corrected chi connectivity index (χ0v) is 11.6. The van der Waals surface area contributed by atoms with E-state index in [2.05, 4.69) is 32.3 Å². The number of carbonyl (C=O) groups excluding carboxylic acids is 1. The quantitative estimate of drug-likeness (QED) is 0.808. The van der Waals surface area contributed by atoms with Gasteiger partial charge in [-0.25, -0.2) is 0 Å². The molecule has 2 unspecified atom stereocenters. The standard InChI is InChI=1S/C14H22N2O2/c1-9-5-12-7-16(8-14(17)18-4)11(3)13(12)6-10(2)15-9/h7,9-10,15H,5-6,8H2,1-4H3. The summed E-state index contributed by atoms with van der Waals surface area (Å²) in [5.41, 5.74) is 3.95. The van der Waals surface area contributed by atoms with Crippen LogP contribution >= 0.6 is 0 Å². The molecule has 0 aromatic carbocycles. The molecule has 0 radical (unpaired) electrons. The second-order valence-electron chi connectivity index (χ2n) is 5.30. The van der Waals surface area contributed by atoms with Gasteiger partial charge in [-0.15, -0.1) is 0 Å². The summed E-state index contributed by atoms with van der Waals surface area (Å²) in [6, 6.07) is 0.962. The van der Waals surface area contributed by atoms with Gasteiger partial charge in [0.25, 0.3) is 0 Å². The van der Waals surface area contributed by atoms with Crippen molar-refractivity contribution in [3.8, 4) is 0 Å². The van der Waals surface area contributed by atoms with Crippen molar-refractivity contribution in [1.29, 1.82) is 0 Å². The molecule has 0 aliphatic carbocycles. The maximum atomic E-state index is 11.4. The lowest BCUT2D eigenvalue weighted by Gasteiger charge is -2.15. The first kappa shape index (κ1) is 13.1. The Bertz CT molecular complexity index is 451. The Labute approximate surface area is 108 Å². The summed E-state index contributed by atoms with van der Waals surface area (Å²) >= 11 is 0. The van der Waals surface area contributed by atoms with Gasteiger partial charge in [-0.05, 0) is 44.7 Å². The largest absolute Gasteiger partial charge is 0.468 e. The van der Waals surface area contributed by atoms with E-state index >= 15 is 0 Å². The fourth-order valence-electron chi connectivity index (χ4n) is 2.83. The Hall–Kier alpha value is -1.29. The van der Waals surface area contributed by atoms with Crippen LogP contribution in [0.1, 0.15) is 30.7 Å². The molecule has 1 aromatic rings.